The molecule has 4 nitrogen and oxygen atoms in total. The Balaban J connectivity index is 1.61. The second-order valence-electron chi connectivity index (χ2n) is 5.53. The molecule has 0 amide bonds. The highest BCUT2D eigenvalue weighted by Crippen LogP contribution is 2.25. The summed E-state index contributed by atoms with van der Waals surface area (Å²) in [7, 11) is 2.19. The minimum absolute atomic E-state index is 0.536. The summed E-state index contributed by atoms with van der Waals surface area (Å²) in [6, 6.07) is 6.76. The maximum Gasteiger partial charge on any atom is 0.151 e. The normalized spacial score (nSPS) is 18.6. The van der Waals surface area contributed by atoms with Gasteiger partial charge < -0.3 is 9.80 Å². The summed E-state index contributed by atoms with van der Waals surface area (Å²) in [6.45, 7) is 3.14. The zero-order valence-electron chi connectivity index (χ0n) is 12.1. The average Bonchev–Trinajstić information content (AvgIpc) is 3.09. The monoisotopic (exact) mass is 366 g/mol. The van der Waals surface area contributed by atoms with E-state index in [0.29, 0.717) is 6.04 Å². The van der Waals surface area contributed by atoms with E-state index >= 15 is 0 Å². The van der Waals surface area contributed by atoms with Gasteiger partial charge in [-0.15, -0.1) is 16.4 Å². The lowest BCUT2D eigenvalue weighted by atomic mass is 10.2. The molecule has 21 heavy (non-hydrogen) atoms. The summed E-state index contributed by atoms with van der Waals surface area (Å²) in [5, 5.41) is 10.5. The Morgan fingerprint density at radius 3 is 3.14 bits per heavy atom. The van der Waals surface area contributed by atoms with E-state index in [1.165, 1.54) is 22.2 Å². The summed E-state index contributed by atoms with van der Waals surface area (Å²) in [4.78, 5) is 4.79. The molecule has 0 N–H and O–H groups in total. The Morgan fingerprint density at radius 1 is 1.52 bits per heavy atom. The average molecular weight is 367 g/mol. The molecule has 1 aliphatic heterocycles. The summed E-state index contributed by atoms with van der Waals surface area (Å²) in [5.41, 5.74) is 1.37. The summed E-state index contributed by atoms with van der Waals surface area (Å²) in [6.07, 6.45) is 4.20. The summed E-state index contributed by atoms with van der Waals surface area (Å²) < 4.78 is 1.20. The fraction of sp³-hybridized carbons (Fsp3) is 0.467. The number of anilines is 1. The van der Waals surface area contributed by atoms with Gasteiger partial charge >= 0.3 is 0 Å². The van der Waals surface area contributed by atoms with Crippen LogP contribution in [0, 0.1) is 0 Å². The Bertz CT molecular complexity index is 574. The molecule has 0 aliphatic carbocycles. The number of hydrogen-bond donors (Lipinski definition) is 0. The van der Waals surface area contributed by atoms with E-state index in [1.54, 1.807) is 17.5 Å². The van der Waals surface area contributed by atoms with Crippen LogP contribution in [0.3, 0.4) is 0 Å². The first-order chi connectivity index (χ1) is 10.2. The van der Waals surface area contributed by atoms with Crippen LogP contribution in [0.25, 0.3) is 0 Å². The fourth-order valence-corrected chi connectivity index (χ4v) is 4.14. The van der Waals surface area contributed by atoms with Gasteiger partial charge in [-0.3, -0.25) is 0 Å². The summed E-state index contributed by atoms with van der Waals surface area (Å²) >= 11 is 5.27. The van der Waals surface area contributed by atoms with Gasteiger partial charge in [-0.25, -0.2) is 0 Å². The molecule has 0 saturated carbocycles. The third-order valence-electron chi connectivity index (χ3n) is 3.83. The van der Waals surface area contributed by atoms with E-state index in [9.17, 15) is 0 Å². The van der Waals surface area contributed by atoms with Crippen molar-refractivity contribution >= 4 is 33.1 Å². The lowest BCUT2D eigenvalue weighted by Gasteiger charge is -2.29. The van der Waals surface area contributed by atoms with Crippen LogP contribution in [0.2, 0.25) is 0 Å². The largest absolute Gasteiger partial charge is 0.351 e. The predicted molar refractivity (Wildman–Crippen MR) is 90.8 cm³/mol. The van der Waals surface area contributed by atoms with E-state index in [0.717, 1.165) is 25.5 Å². The van der Waals surface area contributed by atoms with Crippen LogP contribution in [0.5, 0.6) is 0 Å². The van der Waals surface area contributed by atoms with Crippen molar-refractivity contribution in [3.63, 3.8) is 0 Å². The molecule has 112 valence electrons. The number of halogens is 1. The predicted octanol–water partition coefficient (Wildman–Crippen LogP) is 3.40. The first-order valence-electron chi connectivity index (χ1n) is 7.18. The molecule has 0 spiro atoms. The van der Waals surface area contributed by atoms with Gasteiger partial charge in [0.2, 0.25) is 0 Å². The molecule has 1 unspecified atom stereocenters. The number of hydrogen-bond acceptors (Lipinski definition) is 5. The minimum Gasteiger partial charge on any atom is -0.351 e. The number of thiophene rings is 1. The number of nitrogens with zero attached hydrogens (tertiary/aromatic N) is 4. The third-order valence-corrected chi connectivity index (χ3v) is 5.38. The maximum absolute atomic E-state index is 4.26. The SMILES string of the molecule is CN(Cc1csc(Br)c1)CC1CCCN1c1cccnn1. The van der Waals surface area contributed by atoms with E-state index in [-0.39, 0.29) is 0 Å². The zero-order valence-corrected chi connectivity index (χ0v) is 14.5. The first kappa shape index (κ1) is 14.9. The zero-order chi connectivity index (χ0) is 14.7. The van der Waals surface area contributed by atoms with Gasteiger partial charge in [0.1, 0.15) is 0 Å². The number of likely N-dealkylation sites (N-methyl/N-ethyl adjacent to an activating group) is 1. The molecule has 3 rings (SSSR count). The van der Waals surface area contributed by atoms with E-state index in [2.05, 4.69) is 60.5 Å². The smallest absolute Gasteiger partial charge is 0.151 e. The number of rotatable bonds is 5. The number of aromatic nitrogens is 2. The van der Waals surface area contributed by atoms with Crippen LogP contribution in [-0.2, 0) is 6.54 Å². The molecule has 0 bridgehead atoms. The molecule has 6 heteroatoms. The van der Waals surface area contributed by atoms with E-state index < -0.39 is 0 Å². The van der Waals surface area contributed by atoms with Crippen molar-refractivity contribution < 1.29 is 0 Å². The molecule has 2 aromatic rings. The van der Waals surface area contributed by atoms with Crippen molar-refractivity contribution in [2.24, 2.45) is 0 Å². The first-order valence-corrected chi connectivity index (χ1v) is 8.85. The van der Waals surface area contributed by atoms with Crippen molar-refractivity contribution in [1.82, 2.24) is 15.1 Å². The standard InChI is InChI=1S/C15H19BrN4S/c1-19(9-12-8-14(16)21-11-12)10-13-4-3-7-20(13)15-5-2-6-17-18-15/h2,5-6,8,11,13H,3-4,7,9-10H2,1H3. The van der Waals surface area contributed by atoms with Gasteiger partial charge in [0.25, 0.3) is 0 Å². The van der Waals surface area contributed by atoms with Gasteiger partial charge in [-0.1, -0.05) is 0 Å². The van der Waals surface area contributed by atoms with Gasteiger partial charge in [0.05, 0.1) is 3.79 Å². The molecule has 0 radical (unpaired) electrons. The second-order valence-corrected chi connectivity index (χ2v) is 7.82. The molecular formula is C15H19BrN4S. The van der Waals surface area contributed by atoms with E-state index in [1.807, 2.05) is 6.07 Å². The topological polar surface area (TPSA) is 32.3 Å². The summed E-state index contributed by atoms with van der Waals surface area (Å²) in [5.74, 6) is 1.01. The van der Waals surface area contributed by atoms with Gasteiger partial charge in [0.15, 0.2) is 5.82 Å². The highest BCUT2D eigenvalue weighted by molar-refractivity contribution is 9.11. The Kier molecular flexibility index (Phi) is 4.87. The van der Waals surface area contributed by atoms with Crippen molar-refractivity contribution in [2.75, 3.05) is 25.0 Å². The van der Waals surface area contributed by atoms with Crippen molar-refractivity contribution in [3.8, 4) is 0 Å². The van der Waals surface area contributed by atoms with Crippen LogP contribution < -0.4 is 4.90 Å². The van der Waals surface area contributed by atoms with E-state index in [4.69, 9.17) is 0 Å². The molecule has 1 fully saturated rings. The van der Waals surface area contributed by atoms with Crippen LogP contribution in [0.15, 0.2) is 33.6 Å². The minimum atomic E-state index is 0.536. The van der Waals surface area contributed by atoms with Crippen molar-refractivity contribution in [2.45, 2.75) is 25.4 Å². The molecule has 2 aromatic heterocycles. The van der Waals surface area contributed by atoms with Gasteiger partial charge in [0, 0.05) is 31.9 Å². The van der Waals surface area contributed by atoms with Crippen LogP contribution in [0.1, 0.15) is 18.4 Å². The maximum atomic E-state index is 4.26. The molecule has 1 atom stereocenters. The third kappa shape index (κ3) is 3.81. The quantitative estimate of drug-likeness (QED) is 0.811. The Labute approximate surface area is 137 Å². The van der Waals surface area contributed by atoms with Crippen LogP contribution in [-0.4, -0.2) is 41.3 Å². The Hall–Kier alpha value is -0.980. The fourth-order valence-electron chi connectivity index (χ4n) is 2.94. The molecule has 1 aliphatic rings. The Morgan fingerprint density at radius 2 is 2.43 bits per heavy atom. The highest BCUT2D eigenvalue weighted by Gasteiger charge is 2.26. The van der Waals surface area contributed by atoms with Gasteiger partial charge in [-0.2, -0.15) is 5.10 Å². The second kappa shape index (κ2) is 6.85. The van der Waals surface area contributed by atoms with Crippen LogP contribution in [0.4, 0.5) is 5.82 Å². The molecular weight excluding hydrogens is 348 g/mol. The molecule has 1 saturated heterocycles. The lowest BCUT2D eigenvalue weighted by Crippen LogP contribution is -2.39. The van der Waals surface area contributed by atoms with Gasteiger partial charge in [-0.05, 0) is 65.0 Å². The lowest BCUT2D eigenvalue weighted by molar-refractivity contribution is 0.303. The van der Waals surface area contributed by atoms with Crippen LogP contribution >= 0.6 is 27.3 Å². The van der Waals surface area contributed by atoms with Crippen molar-refractivity contribution in [3.05, 3.63) is 39.1 Å². The molecule has 3 heterocycles. The highest BCUT2D eigenvalue weighted by atomic mass is 79.9. The molecule has 0 aromatic carbocycles. The van der Waals surface area contributed by atoms with Crippen molar-refractivity contribution in [1.29, 1.82) is 0 Å².